The minimum absolute atomic E-state index is 0.304. The van der Waals surface area contributed by atoms with Crippen molar-refractivity contribution in [3.05, 3.63) is 0 Å². The second-order valence-electron chi connectivity index (χ2n) is 4.93. The van der Waals surface area contributed by atoms with Gasteiger partial charge in [-0.15, -0.1) is 0 Å². The van der Waals surface area contributed by atoms with E-state index in [1.165, 1.54) is 0 Å². The molecule has 1 fully saturated rings. The van der Waals surface area contributed by atoms with E-state index in [-0.39, 0.29) is 0 Å². The molecule has 0 aliphatic carbocycles. The van der Waals surface area contributed by atoms with Crippen molar-refractivity contribution in [2.75, 3.05) is 26.2 Å². The molecule has 0 aromatic rings. The lowest BCUT2D eigenvalue weighted by Crippen LogP contribution is -2.55. The van der Waals surface area contributed by atoms with E-state index < -0.39 is 0 Å². The predicted molar refractivity (Wildman–Crippen MR) is 69.4 cm³/mol. The molecular formula is C12H28N4. The van der Waals surface area contributed by atoms with Crippen LogP contribution in [0.2, 0.25) is 0 Å². The quantitative estimate of drug-likeness (QED) is 0.604. The molecule has 1 aliphatic heterocycles. The van der Waals surface area contributed by atoms with Crippen molar-refractivity contribution in [2.45, 2.75) is 51.2 Å². The van der Waals surface area contributed by atoms with E-state index in [0.717, 1.165) is 45.4 Å². The van der Waals surface area contributed by atoms with Crippen molar-refractivity contribution >= 4 is 0 Å². The summed E-state index contributed by atoms with van der Waals surface area (Å²) in [7, 11) is 0. The van der Waals surface area contributed by atoms with Gasteiger partial charge in [0.25, 0.3) is 0 Å². The Morgan fingerprint density at radius 1 is 1.25 bits per heavy atom. The molecule has 3 atom stereocenters. The molecule has 16 heavy (non-hydrogen) atoms. The second kappa shape index (κ2) is 7.22. The molecule has 0 radical (unpaired) electrons. The molecule has 0 spiro atoms. The predicted octanol–water partition coefficient (Wildman–Crippen LogP) is 0.125. The monoisotopic (exact) mass is 228 g/mol. The maximum Gasteiger partial charge on any atom is 0.0236 e. The Bertz CT molecular complexity index is 166. The summed E-state index contributed by atoms with van der Waals surface area (Å²) in [4.78, 5) is 2.51. The van der Waals surface area contributed by atoms with Crippen molar-refractivity contribution in [3.8, 4) is 0 Å². The molecule has 0 aromatic heterocycles. The molecule has 1 rings (SSSR count). The Morgan fingerprint density at radius 3 is 2.56 bits per heavy atom. The lowest BCUT2D eigenvalue weighted by Gasteiger charge is -2.38. The summed E-state index contributed by atoms with van der Waals surface area (Å²) in [6, 6.07) is 1.20. The van der Waals surface area contributed by atoms with Gasteiger partial charge < -0.3 is 16.8 Å². The average molecular weight is 228 g/mol. The number of hydrogen-bond acceptors (Lipinski definition) is 4. The van der Waals surface area contributed by atoms with Crippen LogP contribution in [-0.2, 0) is 0 Å². The van der Waals surface area contributed by atoms with Gasteiger partial charge >= 0.3 is 0 Å². The third-order valence-electron chi connectivity index (χ3n) is 3.56. The zero-order chi connectivity index (χ0) is 12.0. The summed E-state index contributed by atoms with van der Waals surface area (Å²) in [6.45, 7) is 8.56. The van der Waals surface area contributed by atoms with Crippen LogP contribution in [0.5, 0.6) is 0 Å². The number of rotatable bonds is 6. The summed E-state index contributed by atoms with van der Waals surface area (Å²) >= 11 is 0. The first-order valence-electron chi connectivity index (χ1n) is 6.63. The Labute approximate surface area is 99.7 Å². The third-order valence-corrected chi connectivity index (χ3v) is 3.56. The molecule has 1 saturated heterocycles. The smallest absolute Gasteiger partial charge is 0.0236 e. The van der Waals surface area contributed by atoms with Gasteiger partial charge in [-0.1, -0.05) is 13.8 Å². The summed E-state index contributed by atoms with van der Waals surface area (Å²) in [5.74, 6) is 0. The van der Waals surface area contributed by atoms with E-state index >= 15 is 0 Å². The molecule has 1 aliphatic rings. The molecule has 0 bridgehead atoms. The molecule has 0 saturated carbocycles. The molecular weight excluding hydrogens is 200 g/mol. The van der Waals surface area contributed by atoms with E-state index in [9.17, 15) is 0 Å². The Balaban J connectivity index is 2.43. The lowest BCUT2D eigenvalue weighted by atomic mass is 10.0. The van der Waals surface area contributed by atoms with E-state index in [2.05, 4.69) is 24.1 Å². The molecule has 96 valence electrons. The van der Waals surface area contributed by atoms with E-state index in [4.69, 9.17) is 11.5 Å². The molecule has 5 N–H and O–H groups in total. The van der Waals surface area contributed by atoms with Gasteiger partial charge in [-0.3, -0.25) is 4.90 Å². The van der Waals surface area contributed by atoms with Crippen molar-refractivity contribution in [2.24, 2.45) is 11.5 Å². The van der Waals surface area contributed by atoms with Crippen LogP contribution in [0.3, 0.4) is 0 Å². The standard InChI is InChI=1S/C12H28N4/c1-3-10(13)7-12-8-15-5-6-16(12)9-11(14)4-2/h10-12,15H,3-9,13-14H2,1-2H3. The number of nitrogens with zero attached hydrogens (tertiary/aromatic N) is 1. The molecule has 0 aromatic carbocycles. The fraction of sp³-hybridized carbons (Fsp3) is 1.00. The van der Waals surface area contributed by atoms with Crippen LogP contribution in [0.1, 0.15) is 33.1 Å². The fourth-order valence-electron chi connectivity index (χ4n) is 2.22. The maximum absolute atomic E-state index is 6.04. The Morgan fingerprint density at radius 2 is 1.94 bits per heavy atom. The molecule has 3 unspecified atom stereocenters. The average Bonchev–Trinajstić information content (AvgIpc) is 2.31. The van der Waals surface area contributed by atoms with Crippen molar-refractivity contribution in [1.29, 1.82) is 0 Å². The molecule has 4 nitrogen and oxygen atoms in total. The van der Waals surface area contributed by atoms with Gasteiger partial charge in [-0.2, -0.15) is 0 Å². The van der Waals surface area contributed by atoms with Crippen molar-refractivity contribution in [3.63, 3.8) is 0 Å². The summed E-state index contributed by atoms with van der Waals surface area (Å²) in [6.07, 6.45) is 3.20. The van der Waals surface area contributed by atoms with Crippen LogP contribution in [0.25, 0.3) is 0 Å². The van der Waals surface area contributed by atoms with Crippen molar-refractivity contribution in [1.82, 2.24) is 10.2 Å². The lowest BCUT2D eigenvalue weighted by molar-refractivity contribution is 0.137. The number of nitrogens with one attached hydrogen (secondary N) is 1. The second-order valence-corrected chi connectivity index (χ2v) is 4.93. The van der Waals surface area contributed by atoms with Crippen LogP contribution in [0.15, 0.2) is 0 Å². The van der Waals surface area contributed by atoms with Crippen LogP contribution >= 0.6 is 0 Å². The normalized spacial score (nSPS) is 26.6. The highest BCUT2D eigenvalue weighted by Gasteiger charge is 2.24. The summed E-state index contributed by atoms with van der Waals surface area (Å²) in [5, 5.41) is 3.45. The Kier molecular flexibility index (Phi) is 6.28. The third kappa shape index (κ3) is 4.37. The first-order chi connectivity index (χ1) is 7.67. The summed E-state index contributed by atoms with van der Waals surface area (Å²) < 4.78 is 0. The van der Waals surface area contributed by atoms with Gasteiger partial charge in [0.1, 0.15) is 0 Å². The first-order valence-corrected chi connectivity index (χ1v) is 6.63. The van der Waals surface area contributed by atoms with Gasteiger partial charge in [0.05, 0.1) is 0 Å². The SMILES string of the molecule is CCC(N)CC1CNCCN1CC(N)CC. The van der Waals surface area contributed by atoms with Crippen molar-refractivity contribution < 1.29 is 0 Å². The van der Waals surface area contributed by atoms with Gasteiger partial charge in [-0.05, 0) is 19.3 Å². The van der Waals surface area contributed by atoms with Crippen LogP contribution < -0.4 is 16.8 Å². The van der Waals surface area contributed by atoms with Gasteiger partial charge in [-0.25, -0.2) is 0 Å². The molecule has 4 heteroatoms. The van der Waals surface area contributed by atoms with Gasteiger partial charge in [0.2, 0.25) is 0 Å². The fourth-order valence-corrected chi connectivity index (χ4v) is 2.22. The highest BCUT2D eigenvalue weighted by molar-refractivity contribution is 4.84. The largest absolute Gasteiger partial charge is 0.328 e. The number of hydrogen-bond donors (Lipinski definition) is 3. The highest BCUT2D eigenvalue weighted by Crippen LogP contribution is 2.11. The number of nitrogens with two attached hydrogens (primary N) is 2. The number of piperazine rings is 1. The zero-order valence-electron chi connectivity index (χ0n) is 10.8. The first kappa shape index (κ1) is 13.9. The maximum atomic E-state index is 6.04. The van der Waals surface area contributed by atoms with Crippen LogP contribution in [0, 0.1) is 0 Å². The van der Waals surface area contributed by atoms with Gasteiger partial charge in [0.15, 0.2) is 0 Å². The van der Waals surface area contributed by atoms with E-state index in [1.807, 2.05) is 0 Å². The van der Waals surface area contributed by atoms with Crippen LogP contribution in [-0.4, -0.2) is 49.2 Å². The topological polar surface area (TPSA) is 67.3 Å². The van der Waals surface area contributed by atoms with Gasteiger partial charge in [0, 0.05) is 44.3 Å². The van der Waals surface area contributed by atoms with E-state index in [1.54, 1.807) is 0 Å². The minimum Gasteiger partial charge on any atom is -0.328 e. The van der Waals surface area contributed by atoms with E-state index in [0.29, 0.717) is 18.1 Å². The zero-order valence-corrected chi connectivity index (χ0v) is 10.8. The van der Waals surface area contributed by atoms with Crippen LogP contribution in [0.4, 0.5) is 0 Å². The highest BCUT2D eigenvalue weighted by atomic mass is 15.2. The minimum atomic E-state index is 0.304. The summed E-state index contributed by atoms with van der Waals surface area (Å²) in [5.41, 5.74) is 12.1. The Hall–Kier alpha value is -0.160. The molecule has 1 heterocycles. The molecule has 0 amide bonds.